The number of aromatic nitrogens is 5. The number of rotatable bonds is 6. The molecule has 3 aromatic rings. The Bertz CT molecular complexity index is 802. The normalized spacial score (nSPS) is 11.1. The third-order valence-electron chi connectivity index (χ3n) is 3.25. The van der Waals surface area contributed by atoms with Crippen LogP contribution in [0.15, 0.2) is 34.1 Å². The van der Waals surface area contributed by atoms with Gasteiger partial charge in [0.2, 0.25) is 0 Å². The highest BCUT2D eigenvalue weighted by Crippen LogP contribution is 2.26. The van der Waals surface area contributed by atoms with Gasteiger partial charge in [0, 0.05) is 12.2 Å². The molecule has 120 valence electrons. The highest BCUT2D eigenvalue weighted by atomic mass is 32.2. The third-order valence-corrected chi connectivity index (χ3v) is 4.19. The fourth-order valence-electron chi connectivity index (χ4n) is 2.07. The number of nitrogens with two attached hydrogens (primary N) is 1. The quantitative estimate of drug-likeness (QED) is 0.688. The molecule has 2 heterocycles. The lowest BCUT2D eigenvalue weighted by atomic mass is 10.3. The van der Waals surface area contributed by atoms with Gasteiger partial charge in [-0.2, -0.15) is 0 Å². The number of para-hydroxylation sites is 1. The van der Waals surface area contributed by atoms with Crippen LogP contribution in [0.3, 0.4) is 0 Å². The summed E-state index contributed by atoms with van der Waals surface area (Å²) in [5.41, 5.74) is 7.45. The number of halogens is 1. The largest absolute Gasteiger partial charge is 0.330 e. The Morgan fingerprint density at radius 3 is 2.78 bits per heavy atom. The van der Waals surface area contributed by atoms with Gasteiger partial charge in [-0.15, -0.1) is 10.2 Å². The van der Waals surface area contributed by atoms with Crippen LogP contribution in [0.1, 0.15) is 17.2 Å². The van der Waals surface area contributed by atoms with Gasteiger partial charge >= 0.3 is 0 Å². The van der Waals surface area contributed by atoms with Crippen LogP contribution in [0.5, 0.6) is 0 Å². The summed E-state index contributed by atoms with van der Waals surface area (Å²) in [5, 5.41) is 16.4. The van der Waals surface area contributed by atoms with Gasteiger partial charge in [0.05, 0.1) is 5.69 Å². The van der Waals surface area contributed by atoms with E-state index >= 15 is 0 Å². The van der Waals surface area contributed by atoms with Crippen molar-refractivity contribution in [2.75, 3.05) is 6.54 Å². The minimum absolute atomic E-state index is 0.341. The second-order valence-electron chi connectivity index (χ2n) is 4.81. The number of hydrogen-bond acceptors (Lipinski definition) is 7. The van der Waals surface area contributed by atoms with Gasteiger partial charge in [0.25, 0.3) is 0 Å². The summed E-state index contributed by atoms with van der Waals surface area (Å²) in [6.45, 7) is 2.22. The monoisotopic (exact) mass is 334 g/mol. The lowest BCUT2D eigenvalue weighted by Gasteiger charge is -2.10. The van der Waals surface area contributed by atoms with Gasteiger partial charge in [-0.1, -0.05) is 34.2 Å². The van der Waals surface area contributed by atoms with Crippen LogP contribution in [0.25, 0.3) is 5.69 Å². The minimum atomic E-state index is -0.341. The van der Waals surface area contributed by atoms with Crippen molar-refractivity contribution in [2.45, 2.75) is 24.3 Å². The summed E-state index contributed by atoms with van der Waals surface area (Å²) < 4.78 is 20.5. The summed E-state index contributed by atoms with van der Waals surface area (Å²) in [5.74, 6) is 0.784. The molecule has 0 saturated heterocycles. The topological polar surface area (TPSA) is 95.7 Å². The van der Waals surface area contributed by atoms with Crippen molar-refractivity contribution in [3.63, 3.8) is 0 Å². The molecule has 3 rings (SSSR count). The van der Waals surface area contributed by atoms with Crippen molar-refractivity contribution < 1.29 is 9.02 Å². The lowest BCUT2D eigenvalue weighted by molar-refractivity contribution is 0.302. The number of nitrogens with zero attached hydrogens (tertiary/aromatic N) is 5. The third kappa shape index (κ3) is 3.25. The molecule has 9 heteroatoms. The zero-order valence-electron chi connectivity index (χ0n) is 12.4. The van der Waals surface area contributed by atoms with Gasteiger partial charge in [-0.25, -0.2) is 9.02 Å². The fraction of sp³-hybridized carbons (Fsp3) is 0.286. The standard InChI is InChI=1S/C14H15FN6OS/c1-9-11(20-22-19-9)8-23-14-18-17-13(6-7-16)21(14)12-5-3-2-4-10(12)15/h2-5H,6-8,16H2,1H3. The Morgan fingerprint density at radius 2 is 2.09 bits per heavy atom. The highest BCUT2D eigenvalue weighted by molar-refractivity contribution is 7.98. The molecule has 0 atom stereocenters. The Morgan fingerprint density at radius 1 is 1.26 bits per heavy atom. The van der Waals surface area contributed by atoms with Crippen molar-refractivity contribution in [3.8, 4) is 5.69 Å². The van der Waals surface area contributed by atoms with Crippen LogP contribution < -0.4 is 5.73 Å². The first kappa shape index (κ1) is 15.6. The van der Waals surface area contributed by atoms with E-state index in [0.29, 0.717) is 35.4 Å². The van der Waals surface area contributed by atoms with Crippen molar-refractivity contribution in [3.05, 3.63) is 47.3 Å². The van der Waals surface area contributed by atoms with Gasteiger partial charge in [0.1, 0.15) is 23.0 Å². The van der Waals surface area contributed by atoms with Crippen LogP contribution in [-0.4, -0.2) is 31.6 Å². The summed E-state index contributed by atoms with van der Waals surface area (Å²) >= 11 is 1.39. The molecule has 23 heavy (non-hydrogen) atoms. The number of aryl methyl sites for hydroxylation is 1. The Hall–Kier alpha value is -2.26. The van der Waals surface area contributed by atoms with Gasteiger partial charge < -0.3 is 5.73 Å². The van der Waals surface area contributed by atoms with Crippen LogP contribution in [0.2, 0.25) is 0 Å². The second-order valence-corrected chi connectivity index (χ2v) is 5.75. The molecular weight excluding hydrogens is 319 g/mol. The molecule has 0 spiro atoms. The molecule has 0 bridgehead atoms. The van der Waals surface area contributed by atoms with Gasteiger partial charge in [-0.05, 0) is 25.6 Å². The molecule has 1 aromatic carbocycles. The van der Waals surface area contributed by atoms with Crippen molar-refractivity contribution in [2.24, 2.45) is 5.73 Å². The summed E-state index contributed by atoms with van der Waals surface area (Å²) in [4.78, 5) is 0. The Balaban J connectivity index is 1.94. The predicted octanol–water partition coefficient (Wildman–Crippen LogP) is 1.89. The predicted molar refractivity (Wildman–Crippen MR) is 82.7 cm³/mol. The Labute approximate surface area is 136 Å². The molecule has 2 aromatic heterocycles. The van der Waals surface area contributed by atoms with Crippen molar-refractivity contribution in [1.29, 1.82) is 0 Å². The molecular formula is C14H15FN6OS. The number of thioether (sulfide) groups is 1. The first-order chi connectivity index (χ1) is 11.2. The molecule has 0 fully saturated rings. The van der Waals surface area contributed by atoms with E-state index in [4.69, 9.17) is 5.73 Å². The van der Waals surface area contributed by atoms with E-state index in [1.54, 1.807) is 22.8 Å². The van der Waals surface area contributed by atoms with Crippen LogP contribution >= 0.6 is 11.8 Å². The van der Waals surface area contributed by atoms with Crippen LogP contribution in [-0.2, 0) is 12.2 Å². The lowest BCUT2D eigenvalue weighted by Crippen LogP contribution is -2.10. The number of hydrogen-bond donors (Lipinski definition) is 1. The van der Waals surface area contributed by atoms with Gasteiger partial charge in [-0.3, -0.25) is 4.57 Å². The van der Waals surface area contributed by atoms with E-state index in [-0.39, 0.29) is 5.82 Å². The molecule has 0 unspecified atom stereocenters. The minimum Gasteiger partial charge on any atom is -0.330 e. The van der Waals surface area contributed by atoms with Crippen LogP contribution in [0.4, 0.5) is 4.39 Å². The smallest absolute Gasteiger partial charge is 0.196 e. The van der Waals surface area contributed by atoms with E-state index < -0.39 is 0 Å². The Kier molecular flexibility index (Phi) is 4.68. The van der Waals surface area contributed by atoms with E-state index in [1.165, 1.54) is 17.8 Å². The molecule has 0 amide bonds. The van der Waals surface area contributed by atoms with E-state index in [9.17, 15) is 4.39 Å². The van der Waals surface area contributed by atoms with E-state index in [0.717, 1.165) is 11.4 Å². The maximum Gasteiger partial charge on any atom is 0.196 e. The summed E-state index contributed by atoms with van der Waals surface area (Å²) in [6, 6.07) is 6.50. The van der Waals surface area contributed by atoms with E-state index in [1.807, 2.05) is 6.92 Å². The highest BCUT2D eigenvalue weighted by Gasteiger charge is 2.17. The second kappa shape index (κ2) is 6.88. The maximum absolute atomic E-state index is 14.2. The van der Waals surface area contributed by atoms with Crippen molar-refractivity contribution >= 4 is 11.8 Å². The SMILES string of the molecule is Cc1nonc1CSc1nnc(CCN)n1-c1ccccc1F. The zero-order chi connectivity index (χ0) is 16.2. The maximum atomic E-state index is 14.2. The molecule has 7 nitrogen and oxygen atoms in total. The van der Waals surface area contributed by atoms with Gasteiger partial charge in [0.15, 0.2) is 5.16 Å². The van der Waals surface area contributed by atoms with Crippen LogP contribution in [0, 0.1) is 12.7 Å². The van der Waals surface area contributed by atoms with E-state index in [2.05, 4.69) is 25.1 Å². The molecule has 0 aliphatic heterocycles. The van der Waals surface area contributed by atoms with Crippen molar-refractivity contribution in [1.82, 2.24) is 25.1 Å². The zero-order valence-corrected chi connectivity index (χ0v) is 13.3. The average Bonchev–Trinajstić information content (AvgIpc) is 3.13. The average molecular weight is 334 g/mol. The molecule has 0 aliphatic rings. The molecule has 0 radical (unpaired) electrons. The molecule has 0 saturated carbocycles. The molecule has 2 N–H and O–H groups in total. The summed E-state index contributed by atoms with van der Waals surface area (Å²) in [6.07, 6.45) is 0.506. The molecule has 0 aliphatic carbocycles. The summed E-state index contributed by atoms with van der Waals surface area (Å²) in [7, 11) is 0. The number of benzene rings is 1. The fourth-order valence-corrected chi connectivity index (χ4v) is 3.03. The first-order valence-corrected chi connectivity index (χ1v) is 7.99. The first-order valence-electron chi connectivity index (χ1n) is 7.00.